The summed E-state index contributed by atoms with van der Waals surface area (Å²) in [5.74, 6) is 2.38. The second-order valence-electron chi connectivity index (χ2n) is 15.0. The van der Waals surface area contributed by atoms with Crippen molar-refractivity contribution in [1.29, 1.82) is 0 Å². The van der Waals surface area contributed by atoms with Crippen molar-refractivity contribution in [2.75, 3.05) is 25.7 Å². The number of benzene rings is 2. The van der Waals surface area contributed by atoms with Crippen LogP contribution in [0.4, 0.5) is 5.69 Å². The lowest BCUT2D eigenvalue weighted by Gasteiger charge is -2.37. The third-order valence-corrected chi connectivity index (χ3v) is 11.7. The van der Waals surface area contributed by atoms with Crippen LogP contribution in [-0.2, 0) is 14.3 Å². The summed E-state index contributed by atoms with van der Waals surface area (Å²) in [6, 6.07) is 15.8. The summed E-state index contributed by atoms with van der Waals surface area (Å²) < 4.78 is 12.9. The van der Waals surface area contributed by atoms with E-state index >= 15 is 0 Å². The summed E-state index contributed by atoms with van der Waals surface area (Å²) in [5, 5.41) is 7.91. The first-order valence-corrected chi connectivity index (χ1v) is 18.3. The molecule has 2 aromatic carbocycles. The van der Waals surface area contributed by atoms with Crippen LogP contribution in [0, 0.1) is 24.7 Å². The van der Waals surface area contributed by atoms with Gasteiger partial charge < -0.3 is 19.7 Å². The Kier molecular flexibility index (Phi) is 9.90. The third kappa shape index (κ3) is 7.34. The van der Waals surface area contributed by atoms with Gasteiger partial charge in [-0.15, -0.1) is 0 Å². The van der Waals surface area contributed by atoms with Gasteiger partial charge in [-0.05, 0) is 131 Å². The smallest absolute Gasteiger partial charge is 0.230 e. The highest BCUT2D eigenvalue weighted by atomic mass is 16.5. The molecule has 2 amide bonds. The minimum Gasteiger partial charge on any atom is -0.496 e. The fourth-order valence-electron chi connectivity index (χ4n) is 8.29. The predicted molar refractivity (Wildman–Crippen MR) is 188 cm³/mol. The molecule has 8 nitrogen and oxygen atoms in total. The van der Waals surface area contributed by atoms with Crippen molar-refractivity contribution in [2.24, 2.45) is 17.8 Å². The number of amides is 2. The molecule has 0 atom stereocenters. The average Bonchev–Trinajstić information content (AvgIpc) is 3.82. The molecule has 0 aliphatic heterocycles. The lowest BCUT2D eigenvalue weighted by molar-refractivity contribution is -0.133. The number of carbonyl (C=O) groups is 2. The second kappa shape index (κ2) is 14.5. The lowest BCUT2D eigenvalue weighted by atomic mass is 9.78. The minimum absolute atomic E-state index is 0.0281. The Labute approximate surface area is 285 Å². The first-order chi connectivity index (χ1) is 23.4. The standard InChI is InChI=1S/C40H52N4O4/c1-26-19-31(13-18-38(26)48-3)28-9-7-27(8-10-28)24-43(36-6-4-5-30(20-36)33-23-41-44(25-33)35-16-17-35)40(46)29-11-14-34(15-12-29)42-39(45)32-21-37(22-32)47-2/h4-6,13,18-20,23,25,27-29,32,34-35,37H,7-12,14-17,21-22,24H2,1-3H3,(H,42,45)/t27-,28-,29-,32?,34-,37?. The highest BCUT2D eigenvalue weighted by Gasteiger charge is 2.37. The molecule has 0 bridgehead atoms. The molecular formula is C40H52N4O4. The number of anilines is 1. The van der Waals surface area contributed by atoms with Gasteiger partial charge in [0.1, 0.15) is 5.75 Å². The highest BCUT2D eigenvalue weighted by Crippen LogP contribution is 2.40. The maximum atomic E-state index is 14.5. The van der Waals surface area contributed by atoms with Crippen molar-refractivity contribution in [3.05, 3.63) is 66.0 Å². The number of methoxy groups -OCH3 is 2. The van der Waals surface area contributed by atoms with Crippen LogP contribution in [0.15, 0.2) is 54.9 Å². The number of carbonyl (C=O) groups excluding carboxylic acids is 2. The number of hydrogen-bond donors (Lipinski definition) is 1. The first-order valence-electron chi connectivity index (χ1n) is 18.3. The van der Waals surface area contributed by atoms with Crippen molar-refractivity contribution >= 4 is 17.5 Å². The van der Waals surface area contributed by atoms with E-state index in [1.54, 1.807) is 14.2 Å². The van der Waals surface area contributed by atoms with E-state index in [1.165, 1.54) is 24.0 Å². The monoisotopic (exact) mass is 652 g/mol. The van der Waals surface area contributed by atoms with Gasteiger partial charge in [0.15, 0.2) is 0 Å². The van der Waals surface area contributed by atoms with E-state index in [2.05, 4.69) is 75.6 Å². The van der Waals surface area contributed by atoms with E-state index < -0.39 is 0 Å². The molecular weight excluding hydrogens is 600 g/mol. The predicted octanol–water partition coefficient (Wildman–Crippen LogP) is 7.61. The molecule has 3 aromatic rings. The van der Waals surface area contributed by atoms with Gasteiger partial charge in [-0.3, -0.25) is 14.3 Å². The molecule has 4 saturated carbocycles. The van der Waals surface area contributed by atoms with Crippen LogP contribution in [0.3, 0.4) is 0 Å². The SMILES string of the molecule is COc1ccc([C@H]2CC[C@H](CN(c3cccc(-c4cnn(C5CC5)c4)c3)C(=O)[C@H]3CC[C@H](NC(=O)C4CC(OC)C4)CC3)CC2)cc1C. The van der Waals surface area contributed by atoms with Crippen LogP contribution in [0.5, 0.6) is 5.75 Å². The Hall–Kier alpha value is -3.65. The van der Waals surface area contributed by atoms with Gasteiger partial charge >= 0.3 is 0 Å². The molecule has 4 fully saturated rings. The van der Waals surface area contributed by atoms with Gasteiger partial charge in [-0.2, -0.15) is 5.10 Å². The largest absolute Gasteiger partial charge is 0.496 e. The number of hydrogen-bond acceptors (Lipinski definition) is 5. The van der Waals surface area contributed by atoms with E-state index in [9.17, 15) is 9.59 Å². The maximum absolute atomic E-state index is 14.5. The maximum Gasteiger partial charge on any atom is 0.230 e. The van der Waals surface area contributed by atoms with Gasteiger partial charge in [0.25, 0.3) is 0 Å². The normalized spacial score (nSPS) is 27.1. The quantitative estimate of drug-likeness (QED) is 0.231. The fourth-order valence-corrected chi connectivity index (χ4v) is 8.29. The zero-order chi connectivity index (χ0) is 33.2. The molecule has 48 heavy (non-hydrogen) atoms. The second-order valence-corrected chi connectivity index (χ2v) is 15.0. The van der Waals surface area contributed by atoms with Crippen LogP contribution in [-0.4, -0.2) is 54.5 Å². The van der Waals surface area contributed by atoms with E-state index in [0.717, 1.165) is 93.3 Å². The zero-order valence-corrected chi connectivity index (χ0v) is 28.9. The van der Waals surface area contributed by atoms with Crippen LogP contribution >= 0.6 is 0 Å². The number of nitrogens with zero attached hydrogens (tertiary/aromatic N) is 3. The summed E-state index contributed by atoms with van der Waals surface area (Å²) in [6.45, 7) is 2.87. The van der Waals surface area contributed by atoms with Crippen LogP contribution in [0.1, 0.15) is 100 Å². The summed E-state index contributed by atoms with van der Waals surface area (Å²) in [6.07, 6.45) is 16.2. The number of aryl methyl sites for hydroxylation is 1. The Morgan fingerprint density at radius 2 is 1.67 bits per heavy atom. The Bertz CT molecular complexity index is 1580. The lowest BCUT2D eigenvalue weighted by Crippen LogP contribution is -2.48. The van der Waals surface area contributed by atoms with Gasteiger partial charge in [0.2, 0.25) is 11.8 Å². The number of rotatable bonds is 11. The van der Waals surface area contributed by atoms with Crippen molar-refractivity contribution in [3.63, 3.8) is 0 Å². The summed E-state index contributed by atoms with van der Waals surface area (Å²) in [4.78, 5) is 29.4. The number of aromatic nitrogens is 2. The molecule has 1 heterocycles. The van der Waals surface area contributed by atoms with Gasteiger partial charge in [0, 0.05) is 49.0 Å². The molecule has 0 unspecified atom stereocenters. The highest BCUT2D eigenvalue weighted by molar-refractivity contribution is 5.95. The fraction of sp³-hybridized carbons (Fsp3) is 0.575. The van der Waals surface area contributed by atoms with Gasteiger partial charge in [-0.1, -0.05) is 24.3 Å². The Morgan fingerprint density at radius 3 is 2.35 bits per heavy atom. The number of ether oxygens (including phenoxy) is 2. The molecule has 0 spiro atoms. The molecule has 1 N–H and O–H groups in total. The van der Waals surface area contributed by atoms with Crippen molar-refractivity contribution in [3.8, 4) is 16.9 Å². The summed E-state index contributed by atoms with van der Waals surface area (Å²) in [7, 11) is 3.45. The Morgan fingerprint density at radius 1 is 0.896 bits per heavy atom. The van der Waals surface area contributed by atoms with E-state index in [1.807, 2.05) is 6.20 Å². The van der Waals surface area contributed by atoms with Crippen LogP contribution < -0.4 is 15.0 Å². The average molecular weight is 653 g/mol. The summed E-state index contributed by atoms with van der Waals surface area (Å²) >= 11 is 0. The van der Waals surface area contributed by atoms with Crippen molar-refractivity contribution < 1.29 is 19.1 Å². The molecule has 4 aliphatic carbocycles. The molecule has 4 aliphatic rings. The molecule has 0 radical (unpaired) electrons. The summed E-state index contributed by atoms with van der Waals surface area (Å²) in [5.41, 5.74) is 5.78. The van der Waals surface area contributed by atoms with Crippen LogP contribution in [0.2, 0.25) is 0 Å². The molecule has 0 saturated heterocycles. The molecule has 256 valence electrons. The topological polar surface area (TPSA) is 85.7 Å². The molecule has 1 aromatic heterocycles. The van der Waals surface area contributed by atoms with Gasteiger partial charge in [-0.25, -0.2) is 0 Å². The van der Waals surface area contributed by atoms with E-state index in [-0.39, 0.29) is 35.8 Å². The van der Waals surface area contributed by atoms with Crippen LogP contribution in [0.25, 0.3) is 11.1 Å². The van der Waals surface area contributed by atoms with Crippen molar-refractivity contribution in [1.82, 2.24) is 15.1 Å². The van der Waals surface area contributed by atoms with E-state index in [4.69, 9.17) is 9.47 Å². The van der Waals surface area contributed by atoms with E-state index in [0.29, 0.717) is 17.9 Å². The number of nitrogens with one attached hydrogen (secondary N) is 1. The molecule has 8 heteroatoms. The van der Waals surface area contributed by atoms with Crippen molar-refractivity contribution in [2.45, 2.75) is 108 Å². The zero-order valence-electron chi connectivity index (χ0n) is 28.9. The van der Waals surface area contributed by atoms with Gasteiger partial charge in [0.05, 0.1) is 25.5 Å². The Balaban J connectivity index is 1.03. The molecule has 7 rings (SSSR count). The third-order valence-electron chi connectivity index (χ3n) is 11.7. The minimum atomic E-state index is -0.0281. The first kappa shape index (κ1) is 32.9.